The molecule has 11 nitrogen and oxygen atoms in total. The van der Waals surface area contributed by atoms with Gasteiger partial charge in [-0.15, -0.1) is 0 Å². The molecule has 0 spiro atoms. The molecule has 5 atom stereocenters. The van der Waals surface area contributed by atoms with E-state index >= 15 is 0 Å². The second-order valence-electron chi connectivity index (χ2n) is 12.3. The van der Waals surface area contributed by atoms with Gasteiger partial charge in [-0.1, -0.05) is 103 Å². The molecule has 262 valence electrons. The smallest absolute Gasteiger partial charge is 0.462 e. The van der Waals surface area contributed by atoms with Gasteiger partial charge in [0.15, 0.2) is 6.10 Å². The van der Waals surface area contributed by atoms with Gasteiger partial charge in [0.1, 0.15) is 12.4 Å². The number of unbranched alkanes of at least 4 members (excludes halogenated alkanes) is 11. The Morgan fingerprint density at radius 2 is 1.44 bits per heavy atom. The molecule has 45 heavy (non-hydrogen) atoms. The number of Topliss-reactive ketones (excluding diaryl/α,β-unsaturated/α-hetero) is 1. The van der Waals surface area contributed by atoms with Crippen molar-refractivity contribution < 1.29 is 52.9 Å². The molecule has 0 saturated heterocycles. The molecule has 0 aromatic heterocycles. The van der Waals surface area contributed by atoms with Crippen molar-refractivity contribution in [3.63, 3.8) is 0 Å². The quantitative estimate of drug-likeness (QED) is 0.0346. The molecule has 0 unspecified atom stereocenters. The molecule has 0 heterocycles. The molecule has 1 rings (SSSR count). The van der Waals surface area contributed by atoms with E-state index in [0.717, 1.165) is 64.2 Å². The maximum absolute atomic E-state index is 12.5. The first kappa shape index (κ1) is 41.4. The Morgan fingerprint density at radius 1 is 0.867 bits per heavy atom. The summed E-state index contributed by atoms with van der Waals surface area (Å²) in [6.07, 6.45) is 15.9. The molecular formula is C33H59O11P. The molecule has 0 bridgehead atoms. The molecule has 0 aromatic rings. The number of aliphatic hydroxyl groups excluding tert-OH is 2. The SMILES string of the molecule is CCCCCCCCCC(=O)O[C@H](COC(=O)CCCCCC[C@H]1C(=O)C[C@@H](O)[C@@H]1/C=C/[C@@H](O)CCCCC)COP(=O)(O)O. The average molecular weight is 663 g/mol. The van der Waals surface area contributed by atoms with Gasteiger partial charge in [-0.3, -0.25) is 18.9 Å². The van der Waals surface area contributed by atoms with Gasteiger partial charge in [-0.2, -0.15) is 0 Å². The van der Waals surface area contributed by atoms with Crippen LogP contribution < -0.4 is 0 Å². The van der Waals surface area contributed by atoms with Crippen LogP contribution in [0, 0.1) is 11.8 Å². The molecule has 0 aromatic carbocycles. The Balaban J connectivity index is 2.36. The van der Waals surface area contributed by atoms with E-state index in [0.29, 0.717) is 25.7 Å². The van der Waals surface area contributed by atoms with Crippen LogP contribution in [0.2, 0.25) is 0 Å². The van der Waals surface area contributed by atoms with E-state index < -0.39 is 44.7 Å². The third kappa shape index (κ3) is 21.0. The normalized spacial score (nSPS) is 20.0. The number of hydrogen-bond acceptors (Lipinski definition) is 9. The summed E-state index contributed by atoms with van der Waals surface area (Å²) in [5, 5.41) is 20.5. The molecule has 12 heteroatoms. The second-order valence-corrected chi connectivity index (χ2v) is 13.5. The lowest BCUT2D eigenvalue weighted by Crippen LogP contribution is -2.29. The number of rotatable bonds is 27. The van der Waals surface area contributed by atoms with Crippen LogP contribution in [-0.2, 0) is 32.9 Å². The van der Waals surface area contributed by atoms with Gasteiger partial charge in [0.25, 0.3) is 0 Å². The van der Waals surface area contributed by atoms with Crippen LogP contribution in [0.4, 0.5) is 0 Å². The summed E-state index contributed by atoms with van der Waals surface area (Å²) in [5.74, 6) is -1.57. The zero-order chi connectivity index (χ0) is 33.5. The number of ketones is 1. The van der Waals surface area contributed by atoms with Gasteiger partial charge in [0.05, 0.1) is 18.8 Å². The first-order chi connectivity index (χ1) is 21.5. The highest BCUT2D eigenvalue weighted by Crippen LogP contribution is 2.36. The Morgan fingerprint density at radius 3 is 2.09 bits per heavy atom. The van der Waals surface area contributed by atoms with Crippen molar-refractivity contribution >= 4 is 25.5 Å². The first-order valence-electron chi connectivity index (χ1n) is 17.1. The average Bonchev–Trinajstić information content (AvgIpc) is 3.25. The predicted molar refractivity (Wildman–Crippen MR) is 171 cm³/mol. The number of hydrogen-bond donors (Lipinski definition) is 4. The minimum Gasteiger partial charge on any atom is -0.462 e. The van der Waals surface area contributed by atoms with E-state index in [1.165, 1.54) is 12.8 Å². The van der Waals surface area contributed by atoms with Crippen molar-refractivity contribution in [2.24, 2.45) is 11.8 Å². The zero-order valence-electron chi connectivity index (χ0n) is 27.5. The van der Waals surface area contributed by atoms with Crippen LogP contribution in [0.15, 0.2) is 12.2 Å². The fraction of sp³-hybridized carbons (Fsp3) is 0.848. The Bertz CT molecular complexity index is 903. The fourth-order valence-corrected chi connectivity index (χ4v) is 5.92. The number of carbonyl (C=O) groups excluding carboxylic acids is 3. The second kappa shape index (κ2) is 24.5. The Hall–Kier alpha value is -1.62. The number of aliphatic hydroxyl groups is 2. The fourth-order valence-electron chi connectivity index (χ4n) is 5.56. The number of esters is 2. The first-order valence-corrected chi connectivity index (χ1v) is 18.6. The van der Waals surface area contributed by atoms with Crippen LogP contribution in [0.3, 0.4) is 0 Å². The van der Waals surface area contributed by atoms with Gasteiger partial charge >= 0.3 is 19.8 Å². The summed E-state index contributed by atoms with van der Waals surface area (Å²) in [6.45, 7) is 3.29. The van der Waals surface area contributed by atoms with Gasteiger partial charge in [-0.05, 0) is 25.7 Å². The molecule has 1 aliphatic carbocycles. The zero-order valence-corrected chi connectivity index (χ0v) is 28.4. The van der Waals surface area contributed by atoms with Crippen LogP contribution in [0.5, 0.6) is 0 Å². The van der Waals surface area contributed by atoms with Gasteiger partial charge in [0.2, 0.25) is 0 Å². The monoisotopic (exact) mass is 662 g/mol. The van der Waals surface area contributed by atoms with Crippen LogP contribution in [-0.4, -0.2) is 69.2 Å². The summed E-state index contributed by atoms with van der Waals surface area (Å²) in [7, 11) is -4.79. The third-order valence-electron chi connectivity index (χ3n) is 8.18. The minimum absolute atomic E-state index is 0.0431. The van der Waals surface area contributed by atoms with Gasteiger partial charge in [-0.25, -0.2) is 4.57 Å². The van der Waals surface area contributed by atoms with E-state index in [2.05, 4.69) is 18.4 Å². The maximum Gasteiger partial charge on any atom is 0.469 e. The van der Waals surface area contributed by atoms with Crippen LogP contribution in [0.25, 0.3) is 0 Å². The van der Waals surface area contributed by atoms with E-state index in [1.807, 2.05) is 0 Å². The highest BCUT2D eigenvalue weighted by molar-refractivity contribution is 7.46. The number of phosphoric ester groups is 1. The molecule has 0 aliphatic heterocycles. The van der Waals surface area contributed by atoms with Crippen molar-refractivity contribution in [3.05, 3.63) is 12.2 Å². The van der Waals surface area contributed by atoms with Crippen molar-refractivity contribution in [3.8, 4) is 0 Å². The summed E-state index contributed by atoms with van der Waals surface area (Å²) in [5.41, 5.74) is 0. The summed E-state index contributed by atoms with van der Waals surface area (Å²) >= 11 is 0. The van der Waals surface area contributed by atoms with Gasteiger partial charge in [0, 0.05) is 31.1 Å². The van der Waals surface area contributed by atoms with E-state index in [-0.39, 0.29) is 43.5 Å². The van der Waals surface area contributed by atoms with Crippen molar-refractivity contribution in [2.75, 3.05) is 13.2 Å². The maximum atomic E-state index is 12.5. The largest absolute Gasteiger partial charge is 0.469 e. The number of carbonyl (C=O) groups is 3. The Labute approximate surface area is 269 Å². The molecule has 1 saturated carbocycles. The predicted octanol–water partition coefficient (Wildman–Crippen LogP) is 6.10. The van der Waals surface area contributed by atoms with E-state index in [1.54, 1.807) is 12.2 Å². The minimum atomic E-state index is -4.79. The topological polar surface area (TPSA) is 177 Å². The molecular weight excluding hydrogens is 603 g/mol. The molecule has 0 radical (unpaired) electrons. The van der Waals surface area contributed by atoms with E-state index in [4.69, 9.17) is 19.3 Å². The highest BCUT2D eigenvalue weighted by Gasteiger charge is 2.39. The molecule has 0 amide bonds. The highest BCUT2D eigenvalue weighted by atomic mass is 31.2. The number of phosphoric acid groups is 1. The lowest BCUT2D eigenvalue weighted by Gasteiger charge is -2.18. The molecule has 1 aliphatic rings. The summed E-state index contributed by atoms with van der Waals surface area (Å²) < 4.78 is 26.1. The standard InChI is InChI=1S/C33H59O11P/c1-3-5-7-8-9-10-16-20-33(38)44-27(25-43-45(39,40)41)24-42-32(37)19-15-12-11-14-18-28-29(31(36)23-30(28)35)22-21-26(34)17-13-6-4-2/h21-22,26-29,31,34,36H,3-20,23-25H2,1-2H3,(H2,39,40,41)/b22-21+/t26-,27+,28+,29+,31+/m0/s1. The van der Waals surface area contributed by atoms with Crippen molar-refractivity contribution in [1.82, 2.24) is 0 Å². The van der Waals surface area contributed by atoms with Crippen LogP contribution >= 0.6 is 7.82 Å². The Kier molecular flexibility index (Phi) is 22.6. The number of ether oxygens (including phenoxy) is 2. The van der Waals surface area contributed by atoms with Crippen LogP contribution in [0.1, 0.15) is 136 Å². The van der Waals surface area contributed by atoms with Gasteiger partial charge < -0.3 is 29.5 Å². The molecule has 4 N–H and O–H groups in total. The third-order valence-corrected chi connectivity index (χ3v) is 8.66. The van der Waals surface area contributed by atoms with Crippen molar-refractivity contribution in [1.29, 1.82) is 0 Å². The summed E-state index contributed by atoms with van der Waals surface area (Å²) in [4.78, 5) is 55.0. The summed E-state index contributed by atoms with van der Waals surface area (Å²) in [6, 6.07) is 0. The van der Waals surface area contributed by atoms with Crippen molar-refractivity contribution in [2.45, 2.75) is 154 Å². The lowest BCUT2D eigenvalue weighted by atomic mass is 9.88. The lowest BCUT2D eigenvalue weighted by molar-refractivity contribution is -0.161. The molecule has 1 fully saturated rings. The van der Waals surface area contributed by atoms with E-state index in [9.17, 15) is 29.2 Å².